The standard InChI is InChI=1S/C12H10F3NO2.C12H10F3NO/c13-12(14,15)11(17)16-8-3-1-2-6-4-9-10(18-9)5-7(6)8;13-12(14,15)11(17)16-10-7-3-5-8-4-1-2-6-9(8)10/h1-3,9-10H,4-5H2,(H,16,17);1-3,5,7H,4,6H2,(H,16,17). The highest BCUT2D eigenvalue weighted by atomic mass is 19.4. The molecule has 1 heterocycles. The van der Waals surface area contributed by atoms with Crippen LogP contribution in [-0.4, -0.2) is 36.4 Å². The van der Waals surface area contributed by atoms with Crippen molar-refractivity contribution < 1.29 is 40.7 Å². The molecule has 3 aliphatic rings. The van der Waals surface area contributed by atoms with E-state index in [9.17, 15) is 35.9 Å². The van der Waals surface area contributed by atoms with E-state index in [-0.39, 0.29) is 23.6 Å². The quantitative estimate of drug-likeness (QED) is 0.352. The van der Waals surface area contributed by atoms with Crippen molar-refractivity contribution in [1.29, 1.82) is 0 Å². The Morgan fingerprint density at radius 3 is 1.83 bits per heavy atom. The number of fused-ring (bicyclic) bond motifs is 3. The van der Waals surface area contributed by atoms with E-state index in [1.165, 1.54) is 12.1 Å². The van der Waals surface area contributed by atoms with Gasteiger partial charge in [-0.25, -0.2) is 0 Å². The van der Waals surface area contributed by atoms with Crippen LogP contribution in [0.1, 0.15) is 22.3 Å². The fourth-order valence-electron chi connectivity index (χ4n) is 4.12. The summed E-state index contributed by atoms with van der Waals surface area (Å²) in [5.74, 6) is -3.87. The molecule has 35 heavy (non-hydrogen) atoms. The summed E-state index contributed by atoms with van der Waals surface area (Å²) in [6, 6.07) is 9.98. The van der Waals surface area contributed by atoms with Crippen LogP contribution in [0.2, 0.25) is 0 Å². The molecule has 2 atom stereocenters. The van der Waals surface area contributed by atoms with Crippen molar-refractivity contribution in [3.63, 3.8) is 0 Å². The van der Waals surface area contributed by atoms with Crippen molar-refractivity contribution >= 4 is 23.2 Å². The number of amides is 2. The molecule has 1 fully saturated rings. The van der Waals surface area contributed by atoms with Crippen molar-refractivity contribution in [2.24, 2.45) is 0 Å². The Kier molecular flexibility index (Phi) is 6.63. The summed E-state index contributed by atoms with van der Waals surface area (Å²) in [6.07, 6.45) is -3.09. The predicted octanol–water partition coefficient (Wildman–Crippen LogP) is 4.90. The van der Waals surface area contributed by atoms with Crippen molar-refractivity contribution in [1.82, 2.24) is 0 Å². The van der Waals surface area contributed by atoms with Crippen LogP contribution in [0.4, 0.5) is 37.7 Å². The first-order chi connectivity index (χ1) is 16.4. The lowest BCUT2D eigenvalue weighted by molar-refractivity contribution is -0.167. The van der Waals surface area contributed by atoms with Crippen LogP contribution in [0.5, 0.6) is 0 Å². The minimum absolute atomic E-state index is 0.0986. The molecule has 0 aromatic heterocycles. The molecule has 2 aromatic carbocycles. The lowest BCUT2D eigenvalue weighted by Gasteiger charge is -2.17. The second-order valence-corrected chi connectivity index (χ2v) is 8.29. The second-order valence-electron chi connectivity index (χ2n) is 8.29. The van der Waals surface area contributed by atoms with Gasteiger partial charge in [-0.3, -0.25) is 9.59 Å². The Labute approximate surface area is 196 Å². The highest BCUT2D eigenvalue weighted by Crippen LogP contribution is 2.39. The largest absolute Gasteiger partial charge is 0.471 e. The minimum atomic E-state index is -4.87. The van der Waals surface area contributed by atoms with Crippen molar-refractivity contribution in [2.45, 2.75) is 50.2 Å². The fraction of sp³-hybridized carbons (Fsp3) is 0.333. The lowest BCUT2D eigenvalue weighted by Crippen LogP contribution is -2.30. The molecular weight excluding hydrogens is 478 g/mol. The number of halogens is 6. The Balaban J connectivity index is 0.000000165. The SMILES string of the molecule is O=C(Nc1cccc2c1CC1OC1C2)C(F)(F)F.O=C(Nc1cccc2c1CC=CC2)C(F)(F)F. The molecule has 11 heteroatoms. The zero-order valence-corrected chi connectivity index (χ0v) is 18.1. The van der Waals surface area contributed by atoms with Gasteiger partial charge in [0.15, 0.2) is 0 Å². The third kappa shape index (κ3) is 5.84. The van der Waals surface area contributed by atoms with Crippen LogP contribution in [-0.2, 0) is 40.0 Å². The van der Waals surface area contributed by atoms with Gasteiger partial charge >= 0.3 is 24.2 Å². The molecule has 2 N–H and O–H groups in total. The molecule has 186 valence electrons. The van der Waals surface area contributed by atoms with E-state index in [4.69, 9.17) is 4.74 Å². The summed E-state index contributed by atoms with van der Waals surface area (Å²) >= 11 is 0. The highest BCUT2D eigenvalue weighted by molar-refractivity contribution is 5.96. The topological polar surface area (TPSA) is 70.7 Å². The Morgan fingerprint density at radius 1 is 0.714 bits per heavy atom. The number of nitrogens with one attached hydrogen (secondary N) is 2. The molecule has 2 amide bonds. The van der Waals surface area contributed by atoms with E-state index in [1.54, 1.807) is 12.1 Å². The van der Waals surface area contributed by atoms with Gasteiger partial charge in [-0.1, -0.05) is 36.4 Å². The number of anilines is 2. The smallest absolute Gasteiger partial charge is 0.369 e. The van der Waals surface area contributed by atoms with Gasteiger partial charge in [0.05, 0.1) is 12.2 Å². The average molecular weight is 498 g/mol. The van der Waals surface area contributed by atoms with Crippen molar-refractivity contribution in [3.8, 4) is 0 Å². The summed E-state index contributed by atoms with van der Waals surface area (Å²) in [4.78, 5) is 21.8. The van der Waals surface area contributed by atoms with Crippen LogP contribution >= 0.6 is 0 Å². The summed E-state index contributed by atoms with van der Waals surface area (Å²) in [6.45, 7) is 0. The third-order valence-electron chi connectivity index (χ3n) is 5.90. The van der Waals surface area contributed by atoms with Gasteiger partial charge in [0.1, 0.15) is 0 Å². The number of rotatable bonds is 2. The van der Waals surface area contributed by atoms with Gasteiger partial charge in [-0.15, -0.1) is 0 Å². The third-order valence-corrected chi connectivity index (χ3v) is 5.90. The summed E-state index contributed by atoms with van der Waals surface area (Å²) in [7, 11) is 0. The second kappa shape index (κ2) is 9.37. The molecule has 2 aliphatic carbocycles. The molecular formula is C24H20F6N2O3. The van der Waals surface area contributed by atoms with Crippen LogP contribution in [0.25, 0.3) is 0 Å². The molecule has 5 nitrogen and oxygen atoms in total. The van der Waals surface area contributed by atoms with E-state index in [1.807, 2.05) is 34.9 Å². The molecule has 0 bridgehead atoms. The maximum absolute atomic E-state index is 12.2. The first-order valence-corrected chi connectivity index (χ1v) is 10.7. The van der Waals surface area contributed by atoms with Gasteiger partial charge in [0.2, 0.25) is 0 Å². The molecule has 1 aliphatic heterocycles. The number of carbonyl (C=O) groups is 2. The zero-order valence-electron chi connectivity index (χ0n) is 18.1. The van der Waals surface area contributed by atoms with E-state index < -0.39 is 24.2 Å². The number of epoxide rings is 1. The van der Waals surface area contributed by atoms with Gasteiger partial charge in [0.25, 0.3) is 0 Å². The number of alkyl halides is 6. The first-order valence-electron chi connectivity index (χ1n) is 10.7. The number of hydrogen-bond donors (Lipinski definition) is 2. The summed E-state index contributed by atoms with van der Waals surface area (Å²) < 4.78 is 78.4. The summed E-state index contributed by atoms with van der Waals surface area (Å²) in [5.41, 5.74) is 3.90. The van der Waals surface area contributed by atoms with Crippen LogP contribution in [0.3, 0.4) is 0 Å². The minimum Gasteiger partial charge on any atom is -0.369 e. The molecule has 1 saturated heterocycles. The molecule has 0 radical (unpaired) electrons. The average Bonchev–Trinajstić information content (AvgIpc) is 3.56. The lowest BCUT2D eigenvalue weighted by atomic mass is 9.90. The normalized spacial score (nSPS) is 19.8. The van der Waals surface area contributed by atoms with Crippen molar-refractivity contribution in [2.75, 3.05) is 10.6 Å². The maximum atomic E-state index is 12.2. The number of hydrogen-bond acceptors (Lipinski definition) is 3. The molecule has 5 rings (SSSR count). The highest BCUT2D eigenvalue weighted by Gasteiger charge is 2.44. The maximum Gasteiger partial charge on any atom is 0.471 e. The van der Waals surface area contributed by atoms with E-state index in [0.29, 0.717) is 25.7 Å². The summed E-state index contributed by atoms with van der Waals surface area (Å²) in [5, 5.41) is 3.84. The zero-order chi connectivity index (χ0) is 25.4. The van der Waals surface area contributed by atoms with E-state index in [2.05, 4.69) is 0 Å². The number of ether oxygens (including phenoxy) is 1. The van der Waals surface area contributed by atoms with Crippen LogP contribution in [0, 0.1) is 0 Å². The Hall–Kier alpha value is -3.34. The molecule has 2 unspecified atom stereocenters. The molecule has 0 saturated carbocycles. The first kappa shape index (κ1) is 24.8. The van der Waals surface area contributed by atoms with E-state index >= 15 is 0 Å². The van der Waals surface area contributed by atoms with Crippen LogP contribution in [0.15, 0.2) is 48.6 Å². The fourth-order valence-corrected chi connectivity index (χ4v) is 4.12. The predicted molar refractivity (Wildman–Crippen MR) is 115 cm³/mol. The monoisotopic (exact) mass is 498 g/mol. The van der Waals surface area contributed by atoms with Gasteiger partial charge < -0.3 is 15.4 Å². The van der Waals surface area contributed by atoms with E-state index in [0.717, 1.165) is 22.3 Å². The number of benzene rings is 2. The van der Waals surface area contributed by atoms with Gasteiger partial charge in [0, 0.05) is 24.2 Å². The number of allylic oxidation sites excluding steroid dienone is 2. The van der Waals surface area contributed by atoms with Gasteiger partial charge in [-0.2, -0.15) is 26.3 Å². The molecule has 0 spiro atoms. The number of carbonyl (C=O) groups excluding carboxylic acids is 2. The van der Waals surface area contributed by atoms with Crippen molar-refractivity contribution in [3.05, 3.63) is 70.8 Å². The Morgan fingerprint density at radius 2 is 1.23 bits per heavy atom. The van der Waals surface area contributed by atoms with Crippen LogP contribution < -0.4 is 10.6 Å². The van der Waals surface area contributed by atoms with Gasteiger partial charge in [-0.05, 0) is 47.2 Å². The Bertz CT molecular complexity index is 1170. The molecule has 2 aromatic rings.